The van der Waals surface area contributed by atoms with Gasteiger partial charge in [-0.25, -0.2) is 4.98 Å². The van der Waals surface area contributed by atoms with E-state index in [1.165, 1.54) is 4.90 Å². The number of anilines is 2. The van der Waals surface area contributed by atoms with Crippen molar-refractivity contribution < 1.29 is 4.79 Å². The lowest BCUT2D eigenvalue weighted by molar-refractivity contribution is 0.0993. The molecule has 0 unspecified atom stereocenters. The number of nitrogens with two attached hydrogens (primary N) is 1. The zero-order chi connectivity index (χ0) is 12.3. The van der Waals surface area contributed by atoms with E-state index in [-0.39, 0.29) is 11.7 Å². The van der Waals surface area contributed by atoms with Crippen molar-refractivity contribution in [1.29, 1.82) is 0 Å². The van der Waals surface area contributed by atoms with Gasteiger partial charge in [0.1, 0.15) is 5.82 Å². The van der Waals surface area contributed by atoms with Gasteiger partial charge < -0.3 is 10.6 Å². The van der Waals surface area contributed by atoms with Crippen LogP contribution < -0.4 is 10.6 Å². The molecule has 0 aliphatic rings. The largest absolute Gasteiger partial charge is 0.383 e. The lowest BCUT2D eigenvalue weighted by Crippen LogP contribution is -2.27. The van der Waals surface area contributed by atoms with Crippen LogP contribution in [0.3, 0.4) is 0 Å². The number of amides is 1. The maximum atomic E-state index is 12.1. The summed E-state index contributed by atoms with van der Waals surface area (Å²) in [5.41, 5.74) is 6.76. The third-order valence-corrected chi connectivity index (χ3v) is 2.41. The average Bonchev–Trinajstić information content (AvgIpc) is 2.39. The van der Waals surface area contributed by atoms with Gasteiger partial charge in [0.05, 0.1) is 17.4 Å². The normalized spacial score (nSPS) is 9.94. The molecular weight excluding hydrogens is 216 g/mol. The first kappa shape index (κ1) is 11.1. The number of rotatable bonds is 2. The van der Waals surface area contributed by atoms with E-state index in [9.17, 15) is 4.79 Å². The molecule has 5 nitrogen and oxygen atoms in total. The third-order valence-electron chi connectivity index (χ3n) is 2.41. The molecule has 0 aliphatic heterocycles. The standard InChI is InChI=1S/C12H12N4O/c1-16(9-4-2-6-14-8-9)12(17)10-5-3-7-15-11(10)13/h2-8H,1H3,(H2,13,15). The summed E-state index contributed by atoms with van der Waals surface area (Å²) in [6, 6.07) is 6.90. The van der Waals surface area contributed by atoms with Crippen LogP contribution in [0.4, 0.5) is 11.5 Å². The number of nitrogens with zero attached hydrogens (tertiary/aromatic N) is 3. The molecule has 2 aromatic rings. The SMILES string of the molecule is CN(C(=O)c1cccnc1N)c1cccnc1. The molecule has 0 radical (unpaired) electrons. The van der Waals surface area contributed by atoms with E-state index in [4.69, 9.17) is 5.73 Å². The summed E-state index contributed by atoms with van der Waals surface area (Å²) in [6.45, 7) is 0. The van der Waals surface area contributed by atoms with Crippen molar-refractivity contribution in [1.82, 2.24) is 9.97 Å². The summed E-state index contributed by atoms with van der Waals surface area (Å²) in [7, 11) is 1.67. The van der Waals surface area contributed by atoms with E-state index >= 15 is 0 Å². The van der Waals surface area contributed by atoms with Crippen LogP contribution in [0, 0.1) is 0 Å². The van der Waals surface area contributed by atoms with Crippen LogP contribution in [-0.2, 0) is 0 Å². The summed E-state index contributed by atoms with van der Waals surface area (Å²) in [4.78, 5) is 21.5. The van der Waals surface area contributed by atoms with Gasteiger partial charge in [0.15, 0.2) is 0 Å². The second kappa shape index (κ2) is 4.61. The van der Waals surface area contributed by atoms with Crippen molar-refractivity contribution >= 4 is 17.4 Å². The molecule has 2 N–H and O–H groups in total. The molecule has 2 heterocycles. The van der Waals surface area contributed by atoms with E-state index in [2.05, 4.69) is 9.97 Å². The zero-order valence-corrected chi connectivity index (χ0v) is 9.37. The predicted molar refractivity (Wildman–Crippen MR) is 65.6 cm³/mol. The third kappa shape index (κ3) is 2.23. The van der Waals surface area contributed by atoms with Crippen LogP contribution >= 0.6 is 0 Å². The maximum Gasteiger partial charge on any atom is 0.261 e. The van der Waals surface area contributed by atoms with Crippen molar-refractivity contribution in [3.63, 3.8) is 0 Å². The molecule has 1 amide bonds. The van der Waals surface area contributed by atoms with Crippen molar-refractivity contribution in [2.75, 3.05) is 17.7 Å². The Kier molecular flexibility index (Phi) is 3.00. The molecule has 0 atom stereocenters. The number of aromatic nitrogens is 2. The fourth-order valence-corrected chi connectivity index (χ4v) is 1.45. The van der Waals surface area contributed by atoms with Gasteiger partial charge in [0, 0.05) is 19.4 Å². The van der Waals surface area contributed by atoms with Gasteiger partial charge in [-0.05, 0) is 24.3 Å². The lowest BCUT2D eigenvalue weighted by Gasteiger charge is -2.17. The molecule has 0 aromatic carbocycles. The number of carbonyl (C=O) groups excluding carboxylic acids is 1. The second-order valence-electron chi connectivity index (χ2n) is 3.51. The molecule has 0 bridgehead atoms. The van der Waals surface area contributed by atoms with E-state index in [0.29, 0.717) is 11.3 Å². The highest BCUT2D eigenvalue weighted by Crippen LogP contribution is 2.16. The van der Waals surface area contributed by atoms with Crippen molar-refractivity contribution in [3.05, 3.63) is 48.4 Å². The molecule has 0 spiro atoms. The minimum atomic E-state index is -0.205. The highest BCUT2D eigenvalue weighted by atomic mass is 16.2. The molecule has 0 fully saturated rings. The number of carbonyl (C=O) groups is 1. The van der Waals surface area contributed by atoms with Gasteiger partial charge in [0.25, 0.3) is 5.91 Å². The summed E-state index contributed by atoms with van der Waals surface area (Å²) in [5, 5.41) is 0. The van der Waals surface area contributed by atoms with Gasteiger partial charge >= 0.3 is 0 Å². The summed E-state index contributed by atoms with van der Waals surface area (Å²) >= 11 is 0. The average molecular weight is 228 g/mol. The summed E-state index contributed by atoms with van der Waals surface area (Å²) in [5.74, 6) is 0.0249. The number of nitrogen functional groups attached to an aromatic ring is 1. The Morgan fingerprint density at radius 3 is 2.71 bits per heavy atom. The Labute approximate surface area is 98.9 Å². The summed E-state index contributed by atoms with van der Waals surface area (Å²) < 4.78 is 0. The first-order valence-electron chi connectivity index (χ1n) is 5.08. The Hall–Kier alpha value is -2.43. The highest BCUT2D eigenvalue weighted by molar-refractivity contribution is 6.08. The van der Waals surface area contributed by atoms with Gasteiger partial charge in [-0.15, -0.1) is 0 Å². The highest BCUT2D eigenvalue weighted by Gasteiger charge is 2.16. The van der Waals surface area contributed by atoms with E-state index in [1.54, 1.807) is 49.9 Å². The van der Waals surface area contributed by atoms with Gasteiger partial charge in [0.2, 0.25) is 0 Å². The molecule has 0 saturated carbocycles. The van der Waals surface area contributed by atoms with E-state index in [0.717, 1.165) is 0 Å². The van der Waals surface area contributed by atoms with Crippen LogP contribution in [0.25, 0.3) is 0 Å². The molecular formula is C12H12N4O. The van der Waals surface area contributed by atoms with Crippen molar-refractivity contribution in [3.8, 4) is 0 Å². The van der Waals surface area contributed by atoms with Crippen molar-refractivity contribution in [2.45, 2.75) is 0 Å². The quantitative estimate of drug-likeness (QED) is 0.841. The molecule has 17 heavy (non-hydrogen) atoms. The summed E-state index contributed by atoms with van der Waals surface area (Å²) in [6.07, 6.45) is 4.82. The first-order valence-corrected chi connectivity index (χ1v) is 5.08. The van der Waals surface area contributed by atoms with Crippen molar-refractivity contribution in [2.24, 2.45) is 0 Å². The van der Waals surface area contributed by atoms with E-state index in [1.807, 2.05) is 0 Å². The van der Waals surface area contributed by atoms with Crippen LogP contribution in [0.5, 0.6) is 0 Å². The molecule has 5 heteroatoms. The number of hydrogen-bond donors (Lipinski definition) is 1. The number of hydrogen-bond acceptors (Lipinski definition) is 4. The minimum Gasteiger partial charge on any atom is -0.383 e. The lowest BCUT2D eigenvalue weighted by atomic mass is 10.2. The minimum absolute atomic E-state index is 0.205. The molecule has 2 rings (SSSR count). The van der Waals surface area contributed by atoms with Gasteiger partial charge in [-0.2, -0.15) is 0 Å². The fraction of sp³-hybridized carbons (Fsp3) is 0.0833. The smallest absolute Gasteiger partial charge is 0.261 e. The Balaban J connectivity index is 2.30. The monoisotopic (exact) mass is 228 g/mol. The second-order valence-corrected chi connectivity index (χ2v) is 3.51. The van der Waals surface area contributed by atoms with E-state index < -0.39 is 0 Å². The molecule has 0 saturated heterocycles. The molecule has 0 aliphatic carbocycles. The molecule has 2 aromatic heterocycles. The number of pyridine rings is 2. The Morgan fingerprint density at radius 2 is 2.06 bits per heavy atom. The van der Waals surface area contributed by atoms with Crippen LogP contribution in [0.15, 0.2) is 42.9 Å². The Bertz CT molecular complexity index is 527. The van der Waals surface area contributed by atoms with Crippen LogP contribution in [0.2, 0.25) is 0 Å². The van der Waals surface area contributed by atoms with Gasteiger partial charge in [-0.3, -0.25) is 9.78 Å². The topological polar surface area (TPSA) is 72.1 Å². The van der Waals surface area contributed by atoms with Gasteiger partial charge in [-0.1, -0.05) is 0 Å². The first-order chi connectivity index (χ1) is 8.20. The molecule has 86 valence electrons. The van der Waals surface area contributed by atoms with Crippen LogP contribution in [-0.4, -0.2) is 22.9 Å². The predicted octanol–water partition coefficient (Wildman–Crippen LogP) is 1.34. The van der Waals surface area contributed by atoms with Crippen LogP contribution in [0.1, 0.15) is 10.4 Å². The fourth-order valence-electron chi connectivity index (χ4n) is 1.45. The Morgan fingerprint density at radius 1 is 1.29 bits per heavy atom. The zero-order valence-electron chi connectivity index (χ0n) is 9.37. The maximum absolute atomic E-state index is 12.1.